The third kappa shape index (κ3) is 4.82. The lowest BCUT2D eigenvalue weighted by Gasteiger charge is -2.08. The minimum Gasteiger partial charge on any atom is -0.334 e. The number of hydrogen-bond acceptors (Lipinski definition) is 3. The number of nitrogens with one attached hydrogen (secondary N) is 2. The molecule has 6 heteroatoms. The molecule has 0 aliphatic rings. The smallest absolute Gasteiger partial charge is 0.319 e. The Hall–Kier alpha value is -2.52. The first-order valence-corrected chi connectivity index (χ1v) is 6.94. The zero-order valence-electron chi connectivity index (χ0n) is 11.0. The standard InChI is InChI=1S/C15H12FN3OS/c16-12-3-1-2-11(8-12)9-18-15(20)19-13-4-6-14(7-5-13)21-10-17/h1-8H,9H2,(H2,18,19,20). The maximum Gasteiger partial charge on any atom is 0.319 e. The van der Waals surface area contributed by atoms with Crippen molar-refractivity contribution < 1.29 is 9.18 Å². The fourth-order valence-electron chi connectivity index (χ4n) is 1.66. The summed E-state index contributed by atoms with van der Waals surface area (Å²) in [4.78, 5) is 12.5. The summed E-state index contributed by atoms with van der Waals surface area (Å²) >= 11 is 1.05. The van der Waals surface area contributed by atoms with Gasteiger partial charge in [0.25, 0.3) is 0 Å². The Balaban J connectivity index is 1.85. The van der Waals surface area contributed by atoms with Crippen LogP contribution >= 0.6 is 11.8 Å². The highest BCUT2D eigenvalue weighted by atomic mass is 32.2. The summed E-state index contributed by atoms with van der Waals surface area (Å²) in [6.45, 7) is 0.242. The number of carbonyl (C=O) groups is 1. The van der Waals surface area contributed by atoms with Crippen LogP contribution in [0.25, 0.3) is 0 Å². The molecule has 2 rings (SSSR count). The minimum atomic E-state index is -0.375. The van der Waals surface area contributed by atoms with Crippen LogP contribution in [0, 0.1) is 16.5 Å². The van der Waals surface area contributed by atoms with E-state index in [1.165, 1.54) is 12.1 Å². The van der Waals surface area contributed by atoms with Crippen molar-refractivity contribution in [1.29, 1.82) is 5.26 Å². The molecular weight excluding hydrogens is 289 g/mol. The third-order valence-electron chi connectivity index (χ3n) is 2.62. The lowest BCUT2D eigenvalue weighted by molar-refractivity contribution is 0.251. The van der Waals surface area contributed by atoms with E-state index >= 15 is 0 Å². The number of urea groups is 1. The van der Waals surface area contributed by atoms with E-state index in [0.717, 1.165) is 16.7 Å². The van der Waals surface area contributed by atoms with E-state index in [9.17, 15) is 9.18 Å². The average Bonchev–Trinajstić information content (AvgIpc) is 2.48. The highest BCUT2D eigenvalue weighted by Gasteiger charge is 2.02. The van der Waals surface area contributed by atoms with Crippen LogP contribution in [0.3, 0.4) is 0 Å². The summed E-state index contributed by atoms with van der Waals surface area (Å²) in [6.07, 6.45) is 0. The molecule has 0 fully saturated rings. The lowest BCUT2D eigenvalue weighted by atomic mass is 10.2. The van der Waals surface area contributed by atoms with Crippen LogP contribution in [0.2, 0.25) is 0 Å². The third-order valence-corrected chi connectivity index (χ3v) is 3.22. The van der Waals surface area contributed by atoms with Gasteiger partial charge in [-0.25, -0.2) is 9.18 Å². The monoisotopic (exact) mass is 301 g/mol. The number of rotatable bonds is 4. The van der Waals surface area contributed by atoms with Crippen LogP contribution in [-0.2, 0) is 6.54 Å². The van der Waals surface area contributed by atoms with Gasteiger partial charge in [0, 0.05) is 17.1 Å². The Morgan fingerprint density at radius 3 is 2.67 bits per heavy atom. The summed E-state index contributed by atoms with van der Waals surface area (Å²) in [5.74, 6) is -0.333. The second kappa shape index (κ2) is 7.31. The molecule has 0 aromatic heterocycles. The molecule has 0 aliphatic heterocycles. The molecule has 0 bridgehead atoms. The molecular formula is C15H12FN3OS. The SMILES string of the molecule is N#CSc1ccc(NC(=O)NCc2cccc(F)c2)cc1. The molecule has 2 aromatic rings. The van der Waals surface area contributed by atoms with Crippen molar-refractivity contribution in [2.75, 3.05) is 5.32 Å². The van der Waals surface area contributed by atoms with Crippen LogP contribution in [0.15, 0.2) is 53.4 Å². The molecule has 0 heterocycles. The van der Waals surface area contributed by atoms with Gasteiger partial charge in [0.2, 0.25) is 0 Å². The van der Waals surface area contributed by atoms with Crippen molar-refractivity contribution in [2.24, 2.45) is 0 Å². The first-order valence-electron chi connectivity index (χ1n) is 6.12. The largest absolute Gasteiger partial charge is 0.334 e. The molecule has 2 N–H and O–H groups in total. The van der Waals surface area contributed by atoms with E-state index < -0.39 is 0 Å². The van der Waals surface area contributed by atoms with Crippen LogP contribution in [0.1, 0.15) is 5.56 Å². The zero-order valence-corrected chi connectivity index (χ0v) is 11.8. The maximum absolute atomic E-state index is 13.0. The van der Waals surface area contributed by atoms with Crippen molar-refractivity contribution >= 4 is 23.5 Å². The Bertz CT molecular complexity index is 667. The predicted octanol–water partition coefficient (Wildman–Crippen LogP) is 3.72. The molecule has 0 radical (unpaired) electrons. The van der Waals surface area contributed by atoms with Crippen molar-refractivity contribution in [2.45, 2.75) is 11.4 Å². The van der Waals surface area contributed by atoms with Gasteiger partial charge in [-0.05, 0) is 53.7 Å². The number of thioether (sulfide) groups is 1. The highest BCUT2D eigenvalue weighted by Crippen LogP contribution is 2.18. The summed E-state index contributed by atoms with van der Waals surface area (Å²) in [7, 11) is 0. The van der Waals surface area contributed by atoms with Crippen molar-refractivity contribution in [1.82, 2.24) is 5.32 Å². The lowest BCUT2D eigenvalue weighted by Crippen LogP contribution is -2.28. The second-order valence-electron chi connectivity index (χ2n) is 4.16. The molecule has 0 atom stereocenters. The molecule has 0 saturated heterocycles. The highest BCUT2D eigenvalue weighted by molar-refractivity contribution is 8.03. The molecule has 4 nitrogen and oxygen atoms in total. The summed E-state index contributed by atoms with van der Waals surface area (Å²) in [6, 6.07) is 12.6. The number of anilines is 1. The first kappa shape index (κ1) is 14.9. The molecule has 0 saturated carbocycles. The van der Waals surface area contributed by atoms with Gasteiger partial charge < -0.3 is 10.6 Å². The van der Waals surface area contributed by atoms with E-state index in [-0.39, 0.29) is 18.4 Å². The Labute approximate surface area is 126 Å². The summed E-state index contributed by atoms with van der Waals surface area (Å²) in [5.41, 5.74) is 1.31. The second-order valence-corrected chi connectivity index (χ2v) is 5.01. The van der Waals surface area contributed by atoms with Crippen molar-refractivity contribution in [3.05, 3.63) is 59.9 Å². The number of amides is 2. The number of nitrogens with zero attached hydrogens (tertiary/aromatic N) is 1. The Morgan fingerprint density at radius 2 is 2.00 bits per heavy atom. The quantitative estimate of drug-likeness (QED) is 0.668. The Kier molecular flexibility index (Phi) is 5.18. The van der Waals surface area contributed by atoms with E-state index in [1.54, 1.807) is 36.4 Å². The average molecular weight is 301 g/mol. The molecule has 0 spiro atoms. The number of carbonyl (C=O) groups excluding carboxylic acids is 1. The van der Waals surface area contributed by atoms with Gasteiger partial charge in [-0.15, -0.1) is 0 Å². The van der Waals surface area contributed by atoms with Gasteiger partial charge in [0.05, 0.1) is 0 Å². The van der Waals surface area contributed by atoms with Crippen molar-refractivity contribution in [3.63, 3.8) is 0 Å². The fraction of sp³-hybridized carbons (Fsp3) is 0.0667. The van der Waals surface area contributed by atoms with Gasteiger partial charge in [-0.3, -0.25) is 0 Å². The van der Waals surface area contributed by atoms with Crippen LogP contribution < -0.4 is 10.6 Å². The van der Waals surface area contributed by atoms with Crippen LogP contribution in [0.4, 0.5) is 14.9 Å². The van der Waals surface area contributed by atoms with Gasteiger partial charge in [-0.1, -0.05) is 12.1 Å². The van der Waals surface area contributed by atoms with E-state index in [1.807, 2.05) is 5.40 Å². The Morgan fingerprint density at radius 1 is 1.24 bits per heavy atom. The van der Waals surface area contributed by atoms with Gasteiger partial charge in [-0.2, -0.15) is 5.26 Å². The number of thiocyanates is 1. The normalized spacial score (nSPS) is 9.71. The first-order chi connectivity index (χ1) is 10.2. The van der Waals surface area contributed by atoms with E-state index in [2.05, 4.69) is 10.6 Å². The van der Waals surface area contributed by atoms with Gasteiger partial charge >= 0.3 is 6.03 Å². The van der Waals surface area contributed by atoms with E-state index in [4.69, 9.17) is 5.26 Å². The molecule has 2 aromatic carbocycles. The van der Waals surface area contributed by atoms with Gasteiger partial charge in [0.1, 0.15) is 11.2 Å². The molecule has 0 unspecified atom stereocenters. The van der Waals surface area contributed by atoms with Crippen LogP contribution in [-0.4, -0.2) is 6.03 Å². The topological polar surface area (TPSA) is 64.9 Å². The molecule has 0 aliphatic carbocycles. The zero-order chi connectivity index (χ0) is 15.1. The maximum atomic E-state index is 13.0. The van der Waals surface area contributed by atoms with Crippen molar-refractivity contribution in [3.8, 4) is 5.40 Å². The van der Waals surface area contributed by atoms with Gasteiger partial charge in [0.15, 0.2) is 0 Å². The number of nitriles is 1. The van der Waals surface area contributed by atoms with Crippen LogP contribution in [0.5, 0.6) is 0 Å². The predicted molar refractivity (Wildman–Crippen MR) is 80.2 cm³/mol. The molecule has 21 heavy (non-hydrogen) atoms. The molecule has 2 amide bonds. The number of benzene rings is 2. The number of halogens is 1. The van der Waals surface area contributed by atoms with E-state index in [0.29, 0.717) is 11.3 Å². The summed E-state index contributed by atoms with van der Waals surface area (Å²) < 4.78 is 13.0. The minimum absolute atomic E-state index is 0.242. The fourth-order valence-corrected chi connectivity index (χ4v) is 2.04. The number of hydrogen-bond donors (Lipinski definition) is 2. The summed E-state index contributed by atoms with van der Waals surface area (Å²) in [5, 5.41) is 15.8. The molecule has 106 valence electrons.